The highest BCUT2D eigenvalue weighted by atomic mass is 16.4. The number of likely N-dealkylation sites (N-methyl/N-ethyl adjacent to an activating group) is 1. The van der Waals surface area contributed by atoms with E-state index in [2.05, 4.69) is 5.32 Å². The average molecular weight is 256 g/mol. The molecule has 0 unspecified atom stereocenters. The molecule has 0 aromatic heterocycles. The molecule has 102 valence electrons. The number of rotatable bonds is 5. The topological polar surface area (TPSA) is 86.7 Å². The van der Waals surface area contributed by atoms with Crippen LogP contribution >= 0.6 is 0 Å². The molecular formula is C12H20N2O4. The van der Waals surface area contributed by atoms with Gasteiger partial charge in [-0.2, -0.15) is 0 Å². The van der Waals surface area contributed by atoms with Crippen LogP contribution in [-0.2, 0) is 14.4 Å². The molecule has 6 nitrogen and oxygen atoms in total. The van der Waals surface area contributed by atoms with E-state index in [1.807, 2.05) is 0 Å². The zero-order chi connectivity index (χ0) is 13.8. The molecule has 18 heavy (non-hydrogen) atoms. The Balaban J connectivity index is 2.58. The Morgan fingerprint density at radius 3 is 2.28 bits per heavy atom. The lowest BCUT2D eigenvalue weighted by atomic mass is 9.93. The van der Waals surface area contributed by atoms with Gasteiger partial charge in [0, 0.05) is 14.0 Å². The van der Waals surface area contributed by atoms with Gasteiger partial charge < -0.3 is 15.3 Å². The van der Waals surface area contributed by atoms with Gasteiger partial charge in [-0.25, -0.2) is 0 Å². The van der Waals surface area contributed by atoms with Crippen LogP contribution in [0.5, 0.6) is 0 Å². The Bertz CT molecular complexity index is 348. The van der Waals surface area contributed by atoms with Gasteiger partial charge in [-0.05, 0) is 12.8 Å². The molecule has 1 rings (SSSR count). The largest absolute Gasteiger partial charge is 0.481 e. The smallest absolute Gasteiger partial charge is 0.305 e. The molecule has 0 radical (unpaired) electrons. The van der Waals surface area contributed by atoms with Gasteiger partial charge in [0.05, 0.1) is 18.5 Å². The summed E-state index contributed by atoms with van der Waals surface area (Å²) in [5.41, 5.74) is -0.624. The van der Waals surface area contributed by atoms with E-state index in [9.17, 15) is 14.4 Å². The molecule has 0 aromatic rings. The first-order valence-electron chi connectivity index (χ1n) is 6.09. The van der Waals surface area contributed by atoms with E-state index in [1.54, 1.807) is 7.05 Å². The fourth-order valence-corrected chi connectivity index (χ4v) is 2.35. The van der Waals surface area contributed by atoms with Crippen molar-refractivity contribution in [2.75, 3.05) is 13.6 Å². The van der Waals surface area contributed by atoms with Crippen LogP contribution in [0.25, 0.3) is 0 Å². The first-order valence-corrected chi connectivity index (χ1v) is 6.09. The highest BCUT2D eigenvalue weighted by Crippen LogP contribution is 2.32. The Kier molecular flexibility index (Phi) is 4.69. The van der Waals surface area contributed by atoms with Crippen molar-refractivity contribution in [2.45, 2.75) is 44.6 Å². The number of carbonyl (C=O) groups excluding carboxylic acids is 2. The highest BCUT2D eigenvalue weighted by molar-refractivity contribution is 5.84. The number of carboxylic acid groups (broad SMARTS) is 1. The number of carboxylic acids is 1. The number of carbonyl (C=O) groups is 3. The van der Waals surface area contributed by atoms with E-state index in [1.165, 1.54) is 11.8 Å². The number of nitrogens with one attached hydrogen (secondary N) is 1. The van der Waals surface area contributed by atoms with Crippen molar-refractivity contribution in [1.29, 1.82) is 0 Å². The molecule has 6 heteroatoms. The van der Waals surface area contributed by atoms with Crippen molar-refractivity contribution in [3.63, 3.8) is 0 Å². The minimum atomic E-state index is -0.905. The fourth-order valence-electron chi connectivity index (χ4n) is 2.35. The molecule has 1 aliphatic carbocycles. The summed E-state index contributed by atoms with van der Waals surface area (Å²) in [7, 11) is 1.54. The first kappa shape index (κ1) is 14.5. The van der Waals surface area contributed by atoms with Crippen LogP contribution in [0.1, 0.15) is 39.0 Å². The van der Waals surface area contributed by atoms with Crippen molar-refractivity contribution in [1.82, 2.24) is 10.2 Å². The molecule has 2 N–H and O–H groups in total. The van der Waals surface area contributed by atoms with Gasteiger partial charge in [-0.15, -0.1) is 0 Å². The second kappa shape index (κ2) is 5.84. The number of amides is 2. The minimum Gasteiger partial charge on any atom is -0.481 e. The molecule has 1 aliphatic rings. The van der Waals surface area contributed by atoms with Crippen LogP contribution in [0.2, 0.25) is 0 Å². The fraction of sp³-hybridized carbons (Fsp3) is 0.750. The molecule has 0 atom stereocenters. The van der Waals surface area contributed by atoms with Crippen molar-refractivity contribution in [2.24, 2.45) is 0 Å². The van der Waals surface area contributed by atoms with Gasteiger partial charge in [0.1, 0.15) is 0 Å². The molecule has 0 spiro atoms. The van der Waals surface area contributed by atoms with Crippen molar-refractivity contribution < 1.29 is 19.5 Å². The lowest BCUT2D eigenvalue weighted by molar-refractivity contribution is -0.140. The first-order chi connectivity index (χ1) is 8.34. The summed E-state index contributed by atoms with van der Waals surface area (Å²) in [5.74, 6) is -1.39. The maximum atomic E-state index is 11.8. The van der Waals surface area contributed by atoms with Gasteiger partial charge >= 0.3 is 5.97 Å². The second-order valence-corrected chi connectivity index (χ2v) is 4.98. The summed E-state index contributed by atoms with van der Waals surface area (Å²) in [6, 6.07) is 0. The number of hydrogen-bond acceptors (Lipinski definition) is 3. The molecule has 0 saturated heterocycles. The maximum absolute atomic E-state index is 11.8. The van der Waals surface area contributed by atoms with E-state index in [0.717, 1.165) is 12.8 Å². The van der Waals surface area contributed by atoms with E-state index < -0.39 is 11.5 Å². The summed E-state index contributed by atoms with van der Waals surface area (Å²) in [6.07, 6.45) is 3.18. The predicted molar refractivity (Wildman–Crippen MR) is 64.9 cm³/mol. The maximum Gasteiger partial charge on any atom is 0.305 e. The Labute approximate surface area is 106 Å². The summed E-state index contributed by atoms with van der Waals surface area (Å²) in [6.45, 7) is 1.35. The van der Waals surface area contributed by atoms with Gasteiger partial charge in [-0.3, -0.25) is 14.4 Å². The molecular weight excluding hydrogens is 236 g/mol. The van der Waals surface area contributed by atoms with Crippen LogP contribution in [0.4, 0.5) is 0 Å². The van der Waals surface area contributed by atoms with Crippen LogP contribution < -0.4 is 5.32 Å². The van der Waals surface area contributed by atoms with Crippen LogP contribution in [0.3, 0.4) is 0 Å². The van der Waals surface area contributed by atoms with Crippen molar-refractivity contribution in [3.05, 3.63) is 0 Å². The summed E-state index contributed by atoms with van der Waals surface area (Å²) < 4.78 is 0. The third-order valence-electron chi connectivity index (χ3n) is 3.37. The molecule has 0 aliphatic heterocycles. The lowest BCUT2D eigenvalue weighted by Crippen LogP contribution is -2.51. The normalized spacial score (nSPS) is 17.2. The average Bonchev–Trinajstić information content (AvgIpc) is 2.64. The summed E-state index contributed by atoms with van der Waals surface area (Å²) in [4.78, 5) is 35.0. The van der Waals surface area contributed by atoms with Crippen LogP contribution in [0.15, 0.2) is 0 Å². The van der Waals surface area contributed by atoms with E-state index in [0.29, 0.717) is 12.8 Å². The van der Waals surface area contributed by atoms with Crippen molar-refractivity contribution >= 4 is 17.8 Å². The number of aliphatic carboxylic acids is 1. The van der Waals surface area contributed by atoms with Gasteiger partial charge in [0.15, 0.2) is 0 Å². The molecule has 1 saturated carbocycles. The molecule has 0 heterocycles. The SMILES string of the molecule is CC(=O)N(C)CC(=O)NC1(CC(=O)O)CCCC1. The Morgan fingerprint density at radius 1 is 1.28 bits per heavy atom. The van der Waals surface area contributed by atoms with Gasteiger partial charge in [0.25, 0.3) is 0 Å². The van der Waals surface area contributed by atoms with Gasteiger partial charge in [0.2, 0.25) is 11.8 Å². The van der Waals surface area contributed by atoms with E-state index >= 15 is 0 Å². The van der Waals surface area contributed by atoms with E-state index in [-0.39, 0.29) is 24.8 Å². The van der Waals surface area contributed by atoms with Gasteiger partial charge in [-0.1, -0.05) is 12.8 Å². The summed E-state index contributed by atoms with van der Waals surface area (Å²) >= 11 is 0. The minimum absolute atomic E-state index is 0.0310. The molecule has 0 aromatic carbocycles. The number of hydrogen-bond donors (Lipinski definition) is 2. The standard InChI is InChI=1S/C12H20N2O4/c1-9(15)14(2)8-10(16)13-12(7-11(17)18)5-3-4-6-12/h3-8H2,1-2H3,(H,13,16)(H,17,18). The zero-order valence-electron chi connectivity index (χ0n) is 10.9. The monoisotopic (exact) mass is 256 g/mol. The molecule has 0 bridgehead atoms. The lowest BCUT2D eigenvalue weighted by Gasteiger charge is -2.29. The van der Waals surface area contributed by atoms with Crippen LogP contribution in [-0.4, -0.2) is 46.9 Å². The number of nitrogens with zero attached hydrogens (tertiary/aromatic N) is 1. The van der Waals surface area contributed by atoms with Crippen LogP contribution in [0, 0.1) is 0 Å². The third kappa shape index (κ3) is 4.01. The third-order valence-corrected chi connectivity index (χ3v) is 3.37. The zero-order valence-corrected chi connectivity index (χ0v) is 10.9. The second-order valence-electron chi connectivity index (χ2n) is 4.98. The molecule has 1 fully saturated rings. The predicted octanol–water partition coefficient (Wildman–Crippen LogP) is 0.368. The van der Waals surface area contributed by atoms with E-state index in [4.69, 9.17) is 5.11 Å². The quantitative estimate of drug-likeness (QED) is 0.744. The Morgan fingerprint density at radius 2 is 1.83 bits per heavy atom. The molecule has 2 amide bonds. The summed E-state index contributed by atoms with van der Waals surface area (Å²) in [5, 5.41) is 11.7. The highest BCUT2D eigenvalue weighted by Gasteiger charge is 2.37. The Hall–Kier alpha value is -1.59. The van der Waals surface area contributed by atoms with Crippen molar-refractivity contribution in [3.8, 4) is 0 Å².